The molecule has 1 fully saturated rings. The van der Waals surface area contributed by atoms with E-state index in [4.69, 9.17) is 5.26 Å². The van der Waals surface area contributed by atoms with Crippen molar-refractivity contribution in [2.75, 3.05) is 31.1 Å². The predicted octanol–water partition coefficient (Wildman–Crippen LogP) is 0.768. The second-order valence-electron chi connectivity index (χ2n) is 3.28. The number of anilines is 1. The number of nitriles is 1. The molecule has 71 valence electrons. The van der Waals surface area contributed by atoms with Gasteiger partial charge in [0.05, 0.1) is 11.3 Å². The molecule has 1 aromatic rings. The summed E-state index contributed by atoms with van der Waals surface area (Å²) >= 11 is 0. The minimum atomic E-state index is 0.648. The third kappa shape index (κ3) is 1.70. The lowest BCUT2D eigenvalue weighted by atomic mass is 10.1. The van der Waals surface area contributed by atoms with Gasteiger partial charge in [-0.25, -0.2) is 0 Å². The van der Waals surface area contributed by atoms with E-state index in [2.05, 4.69) is 22.4 Å². The van der Waals surface area contributed by atoms with Gasteiger partial charge < -0.3 is 10.2 Å². The minimum Gasteiger partial charge on any atom is -0.368 e. The van der Waals surface area contributed by atoms with Gasteiger partial charge in [-0.15, -0.1) is 0 Å². The Bertz CT molecular complexity index is 348. The van der Waals surface area contributed by atoms with Crippen LogP contribution in [0.5, 0.6) is 0 Å². The van der Waals surface area contributed by atoms with E-state index in [0.29, 0.717) is 5.56 Å². The number of rotatable bonds is 1. The van der Waals surface area contributed by atoms with Crippen molar-refractivity contribution in [3.63, 3.8) is 0 Å². The van der Waals surface area contributed by atoms with Gasteiger partial charge in [0.15, 0.2) is 0 Å². The SMILES string of the molecule is N#Cc1[c]cccc1N1CCNCC1. The number of benzene rings is 1. The first-order valence-electron chi connectivity index (χ1n) is 4.78. The van der Waals surface area contributed by atoms with Gasteiger partial charge in [0.2, 0.25) is 0 Å². The second-order valence-corrected chi connectivity index (χ2v) is 3.28. The molecule has 0 saturated carbocycles. The zero-order chi connectivity index (χ0) is 9.80. The molecule has 1 heterocycles. The van der Waals surface area contributed by atoms with E-state index in [0.717, 1.165) is 31.9 Å². The maximum atomic E-state index is 8.93. The monoisotopic (exact) mass is 186 g/mol. The van der Waals surface area contributed by atoms with Gasteiger partial charge in [-0.05, 0) is 6.07 Å². The van der Waals surface area contributed by atoms with E-state index in [1.54, 1.807) is 6.07 Å². The van der Waals surface area contributed by atoms with Gasteiger partial charge in [-0.3, -0.25) is 0 Å². The van der Waals surface area contributed by atoms with Crippen molar-refractivity contribution in [3.05, 3.63) is 29.8 Å². The molecule has 14 heavy (non-hydrogen) atoms. The molecular formula is C11H12N3. The van der Waals surface area contributed by atoms with Gasteiger partial charge in [0, 0.05) is 32.2 Å². The quantitative estimate of drug-likeness (QED) is 0.704. The summed E-state index contributed by atoms with van der Waals surface area (Å²) in [5.41, 5.74) is 1.66. The first-order chi connectivity index (χ1) is 6.92. The number of nitrogens with one attached hydrogen (secondary N) is 1. The maximum Gasteiger partial charge on any atom is 0.102 e. The number of piperazine rings is 1. The third-order valence-electron chi connectivity index (χ3n) is 2.40. The minimum absolute atomic E-state index is 0.648. The molecule has 0 bridgehead atoms. The lowest BCUT2D eigenvalue weighted by Gasteiger charge is -2.29. The molecule has 0 spiro atoms. The van der Waals surface area contributed by atoms with Crippen molar-refractivity contribution in [3.8, 4) is 6.07 Å². The van der Waals surface area contributed by atoms with E-state index in [1.165, 1.54) is 0 Å². The molecule has 1 aromatic carbocycles. The zero-order valence-corrected chi connectivity index (χ0v) is 7.95. The molecular weight excluding hydrogens is 174 g/mol. The number of hydrogen-bond donors (Lipinski definition) is 1. The highest BCUT2D eigenvalue weighted by Gasteiger charge is 2.12. The fraction of sp³-hybridized carbons (Fsp3) is 0.364. The Morgan fingerprint density at radius 3 is 2.93 bits per heavy atom. The summed E-state index contributed by atoms with van der Waals surface area (Å²) in [6, 6.07) is 10.8. The largest absolute Gasteiger partial charge is 0.368 e. The number of hydrogen-bond acceptors (Lipinski definition) is 3. The summed E-state index contributed by atoms with van der Waals surface area (Å²) in [7, 11) is 0. The van der Waals surface area contributed by atoms with Crippen LogP contribution in [0.4, 0.5) is 5.69 Å². The lowest BCUT2D eigenvalue weighted by Crippen LogP contribution is -2.43. The first kappa shape index (κ1) is 9.04. The Morgan fingerprint density at radius 2 is 2.21 bits per heavy atom. The Labute approximate surface area is 84.0 Å². The van der Waals surface area contributed by atoms with Crippen molar-refractivity contribution in [2.45, 2.75) is 0 Å². The molecule has 1 N–H and O–H groups in total. The van der Waals surface area contributed by atoms with Gasteiger partial charge in [-0.2, -0.15) is 5.26 Å². The Kier molecular flexibility index (Phi) is 2.66. The van der Waals surface area contributed by atoms with Crippen LogP contribution in [0.3, 0.4) is 0 Å². The van der Waals surface area contributed by atoms with Crippen molar-refractivity contribution in [1.29, 1.82) is 5.26 Å². The van der Waals surface area contributed by atoms with Crippen molar-refractivity contribution < 1.29 is 0 Å². The molecule has 0 unspecified atom stereocenters. The fourth-order valence-corrected chi connectivity index (χ4v) is 1.69. The van der Waals surface area contributed by atoms with Crippen LogP contribution in [0.2, 0.25) is 0 Å². The van der Waals surface area contributed by atoms with E-state index < -0.39 is 0 Å². The highest BCUT2D eigenvalue weighted by molar-refractivity contribution is 5.58. The van der Waals surface area contributed by atoms with E-state index in [9.17, 15) is 0 Å². The van der Waals surface area contributed by atoms with E-state index >= 15 is 0 Å². The normalized spacial score (nSPS) is 16.4. The molecule has 1 saturated heterocycles. The smallest absolute Gasteiger partial charge is 0.102 e. The molecule has 0 aliphatic carbocycles. The summed E-state index contributed by atoms with van der Waals surface area (Å²) in [4.78, 5) is 2.23. The number of nitrogens with zero attached hydrogens (tertiary/aromatic N) is 2. The van der Waals surface area contributed by atoms with Crippen LogP contribution in [0.25, 0.3) is 0 Å². The van der Waals surface area contributed by atoms with Crippen LogP contribution < -0.4 is 10.2 Å². The van der Waals surface area contributed by atoms with Crippen LogP contribution in [-0.4, -0.2) is 26.2 Å². The molecule has 3 heteroatoms. The van der Waals surface area contributed by atoms with Crippen LogP contribution in [-0.2, 0) is 0 Å². The van der Waals surface area contributed by atoms with Crippen LogP contribution in [0.1, 0.15) is 5.56 Å². The van der Waals surface area contributed by atoms with Gasteiger partial charge >= 0.3 is 0 Å². The highest BCUT2D eigenvalue weighted by atomic mass is 15.2. The fourth-order valence-electron chi connectivity index (χ4n) is 1.69. The second kappa shape index (κ2) is 4.12. The summed E-state index contributed by atoms with van der Waals surface area (Å²) in [6.45, 7) is 3.90. The van der Waals surface area contributed by atoms with E-state index in [1.807, 2.05) is 12.1 Å². The van der Waals surface area contributed by atoms with Crippen molar-refractivity contribution in [1.82, 2.24) is 5.32 Å². The van der Waals surface area contributed by atoms with Crippen molar-refractivity contribution >= 4 is 5.69 Å². The summed E-state index contributed by atoms with van der Waals surface area (Å²) < 4.78 is 0. The topological polar surface area (TPSA) is 39.1 Å². The predicted molar refractivity (Wildman–Crippen MR) is 55.1 cm³/mol. The molecule has 1 radical (unpaired) electrons. The summed E-state index contributed by atoms with van der Waals surface area (Å²) in [5, 5.41) is 12.2. The molecule has 0 aromatic heterocycles. The van der Waals surface area contributed by atoms with Crippen molar-refractivity contribution in [2.24, 2.45) is 0 Å². The van der Waals surface area contributed by atoms with Crippen LogP contribution >= 0.6 is 0 Å². The first-order valence-corrected chi connectivity index (χ1v) is 4.78. The van der Waals surface area contributed by atoms with Gasteiger partial charge in [0.1, 0.15) is 6.07 Å². The van der Waals surface area contributed by atoms with Crippen LogP contribution in [0, 0.1) is 17.4 Å². The standard InChI is InChI=1S/C11H12N3/c12-9-10-3-1-2-4-11(10)14-7-5-13-6-8-14/h1-2,4,13H,5-8H2. The Morgan fingerprint density at radius 1 is 1.43 bits per heavy atom. The maximum absolute atomic E-state index is 8.93. The summed E-state index contributed by atoms with van der Waals surface area (Å²) in [5.74, 6) is 0. The molecule has 3 nitrogen and oxygen atoms in total. The highest BCUT2D eigenvalue weighted by Crippen LogP contribution is 2.18. The van der Waals surface area contributed by atoms with Crippen LogP contribution in [0.15, 0.2) is 18.2 Å². The zero-order valence-electron chi connectivity index (χ0n) is 7.95. The molecule has 2 rings (SSSR count). The van der Waals surface area contributed by atoms with E-state index in [-0.39, 0.29) is 0 Å². The molecule has 1 aliphatic heterocycles. The molecule has 0 atom stereocenters. The average molecular weight is 186 g/mol. The van der Waals surface area contributed by atoms with Gasteiger partial charge in [-0.1, -0.05) is 12.1 Å². The molecule has 0 amide bonds. The molecule has 1 aliphatic rings. The lowest BCUT2D eigenvalue weighted by molar-refractivity contribution is 0.589. The Hall–Kier alpha value is -1.53. The average Bonchev–Trinajstić information content (AvgIpc) is 2.30. The summed E-state index contributed by atoms with van der Waals surface area (Å²) in [6.07, 6.45) is 0. The van der Waals surface area contributed by atoms with Gasteiger partial charge in [0.25, 0.3) is 0 Å². The Balaban J connectivity index is 2.26. The third-order valence-corrected chi connectivity index (χ3v) is 2.40.